The fraction of sp³-hybridized carbons (Fsp3) is 0.440. The second-order valence-corrected chi connectivity index (χ2v) is 10.3. The molecule has 0 aliphatic carbocycles. The van der Waals surface area contributed by atoms with E-state index < -0.39 is 6.04 Å². The minimum absolute atomic E-state index is 0.0456. The van der Waals surface area contributed by atoms with Crippen LogP contribution >= 0.6 is 46.6 Å². The van der Waals surface area contributed by atoms with Crippen molar-refractivity contribution >= 4 is 58.4 Å². The highest BCUT2D eigenvalue weighted by molar-refractivity contribution is 7.99. The molecule has 0 radical (unpaired) electrons. The molecule has 33 heavy (non-hydrogen) atoms. The number of nitrogens with zero attached hydrogens (tertiary/aromatic N) is 1. The predicted molar refractivity (Wildman–Crippen MR) is 140 cm³/mol. The lowest BCUT2D eigenvalue weighted by atomic mass is 10.1. The van der Waals surface area contributed by atoms with Crippen molar-refractivity contribution in [3.05, 3.63) is 63.1 Å². The third-order valence-corrected chi connectivity index (χ3v) is 7.43. The second kappa shape index (κ2) is 14.1. The van der Waals surface area contributed by atoms with Crippen LogP contribution in [0.1, 0.15) is 52.0 Å². The molecule has 0 saturated heterocycles. The fourth-order valence-corrected chi connectivity index (χ4v) is 4.58. The van der Waals surface area contributed by atoms with Crippen LogP contribution in [0.3, 0.4) is 0 Å². The number of thioether (sulfide) groups is 1. The van der Waals surface area contributed by atoms with E-state index in [-0.39, 0.29) is 17.9 Å². The molecule has 0 saturated carbocycles. The molecule has 2 aromatic carbocycles. The summed E-state index contributed by atoms with van der Waals surface area (Å²) in [6.45, 7) is 6.20. The van der Waals surface area contributed by atoms with Crippen molar-refractivity contribution in [2.24, 2.45) is 0 Å². The SMILES string of the molecule is CC[C@@H](C)NC(=O)[C@H](CC)N(Cc1ccc(Cl)c(Cl)c1)C(=O)CCCSc1ccc(Cl)cc1. The molecule has 0 aliphatic heterocycles. The van der Waals surface area contributed by atoms with E-state index in [1.54, 1.807) is 28.8 Å². The maximum absolute atomic E-state index is 13.3. The van der Waals surface area contributed by atoms with Crippen molar-refractivity contribution in [3.63, 3.8) is 0 Å². The van der Waals surface area contributed by atoms with Crippen LogP contribution in [0, 0.1) is 0 Å². The van der Waals surface area contributed by atoms with E-state index in [2.05, 4.69) is 5.32 Å². The van der Waals surface area contributed by atoms with Crippen LogP contribution in [0.25, 0.3) is 0 Å². The molecule has 2 amide bonds. The monoisotopic (exact) mass is 528 g/mol. The van der Waals surface area contributed by atoms with Crippen LogP contribution in [-0.4, -0.2) is 34.6 Å². The fourth-order valence-electron chi connectivity index (χ4n) is 3.28. The van der Waals surface area contributed by atoms with Crippen LogP contribution < -0.4 is 5.32 Å². The Bertz CT molecular complexity index is 924. The quantitative estimate of drug-likeness (QED) is 0.233. The Balaban J connectivity index is 2.09. The van der Waals surface area contributed by atoms with E-state index in [1.165, 1.54) is 0 Å². The lowest BCUT2D eigenvalue weighted by Gasteiger charge is -2.31. The van der Waals surface area contributed by atoms with E-state index in [9.17, 15) is 9.59 Å². The van der Waals surface area contributed by atoms with Crippen molar-refractivity contribution in [1.82, 2.24) is 10.2 Å². The summed E-state index contributed by atoms with van der Waals surface area (Å²) in [5.41, 5.74) is 0.836. The third kappa shape index (κ3) is 9.05. The molecule has 2 atom stereocenters. The standard InChI is InChI=1S/C25H31Cl3N2O2S/c1-4-17(3)29-25(32)23(5-2)30(16-18-8-13-21(27)22(28)15-18)24(31)7-6-14-33-20-11-9-19(26)10-12-20/h8-13,15,17,23H,4-7,14,16H2,1-3H3,(H,29,32)/t17-,23+/m1/s1. The van der Waals surface area contributed by atoms with Gasteiger partial charge in [0.1, 0.15) is 6.04 Å². The molecule has 4 nitrogen and oxygen atoms in total. The van der Waals surface area contributed by atoms with Gasteiger partial charge in [0.2, 0.25) is 11.8 Å². The summed E-state index contributed by atoms with van der Waals surface area (Å²) in [4.78, 5) is 29.0. The summed E-state index contributed by atoms with van der Waals surface area (Å²) in [6.07, 6.45) is 2.40. The minimum Gasteiger partial charge on any atom is -0.352 e. The van der Waals surface area contributed by atoms with E-state index >= 15 is 0 Å². The van der Waals surface area contributed by atoms with E-state index in [4.69, 9.17) is 34.8 Å². The zero-order chi connectivity index (χ0) is 24.4. The van der Waals surface area contributed by atoms with Crippen molar-refractivity contribution in [1.29, 1.82) is 0 Å². The molecule has 0 bridgehead atoms. The van der Waals surface area contributed by atoms with Crippen molar-refractivity contribution in [2.75, 3.05) is 5.75 Å². The topological polar surface area (TPSA) is 49.4 Å². The normalized spacial score (nSPS) is 12.8. The molecular weight excluding hydrogens is 499 g/mol. The molecule has 0 fully saturated rings. The van der Waals surface area contributed by atoms with Gasteiger partial charge >= 0.3 is 0 Å². The number of hydrogen-bond acceptors (Lipinski definition) is 3. The Morgan fingerprint density at radius 2 is 1.70 bits per heavy atom. The summed E-state index contributed by atoms with van der Waals surface area (Å²) in [6, 6.07) is 12.4. The minimum atomic E-state index is -0.551. The van der Waals surface area contributed by atoms with Crippen LogP contribution in [0.5, 0.6) is 0 Å². The number of nitrogens with one attached hydrogen (secondary N) is 1. The highest BCUT2D eigenvalue weighted by atomic mass is 35.5. The Labute approximate surface area is 216 Å². The van der Waals surface area contributed by atoms with Gasteiger partial charge in [-0.2, -0.15) is 0 Å². The summed E-state index contributed by atoms with van der Waals surface area (Å²) in [5, 5.41) is 4.61. The first-order chi connectivity index (χ1) is 15.7. The van der Waals surface area contributed by atoms with E-state index in [0.29, 0.717) is 40.9 Å². The van der Waals surface area contributed by atoms with Gasteiger partial charge in [-0.25, -0.2) is 0 Å². The first-order valence-electron chi connectivity index (χ1n) is 11.2. The first kappa shape index (κ1) is 27.8. The average Bonchev–Trinajstić information content (AvgIpc) is 2.79. The number of hydrogen-bond donors (Lipinski definition) is 1. The molecule has 2 aromatic rings. The number of rotatable bonds is 12. The Morgan fingerprint density at radius 1 is 1.00 bits per heavy atom. The Hall–Kier alpha value is -1.40. The summed E-state index contributed by atoms with van der Waals surface area (Å²) >= 11 is 19.9. The molecule has 0 aliphatic rings. The smallest absolute Gasteiger partial charge is 0.243 e. The van der Waals surface area contributed by atoms with Crippen LogP contribution in [0.4, 0.5) is 0 Å². The summed E-state index contributed by atoms with van der Waals surface area (Å²) < 4.78 is 0. The summed E-state index contributed by atoms with van der Waals surface area (Å²) in [5.74, 6) is 0.615. The van der Waals surface area contributed by atoms with Gasteiger partial charge in [-0.05, 0) is 73.9 Å². The number of amides is 2. The van der Waals surface area contributed by atoms with Gasteiger partial charge in [-0.1, -0.05) is 54.7 Å². The van der Waals surface area contributed by atoms with Crippen LogP contribution in [0.2, 0.25) is 15.1 Å². The van der Waals surface area contributed by atoms with Crippen LogP contribution in [-0.2, 0) is 16.1 Å². The van der Waals surface area contributed by atoms with Crippen molar-refractivity contribution in [3.8, 4) is 0 Å². The van der Waals surface area contributed by atoms with Gasteiger partial charge in [-0.3, -0.25) is 9.59 Å². The molecular formula is C25H31Cl3N2O2S. The Morgan fingerprint density at radius 3 is 2.30 bits per heavy atom. The molecule has 0 heterocycles. The second-order valence-electron chi connectivity index (χ2n) is 7.92. The highest BCUT2D eigenvalue weighted by Crippen LogP contribution is 2.25. The molecule has 1 N–H and O–H groups in total. The molecule has 8 heteroatoms. The maximum Gasteiger partial charge on any atom is 0.243 e. The zero-order valence-corrected chi connectivity index (χ0v) is 22.3. The molecule has 0 spiro atoms. The molecule has 0 aromatic heterocycles. The average molecular weight is 530 g/mol. The van der Waals surface area contributed by atoms with Gasteiger partial charge in [-0.15, -0.1) is 11.8 Å². The third-order valence-electron chi connectivity index (χ3n) is 5.34. The van der Waals surface area contributed by atoms with E-state index in [0.717, 1.165) is 22.6 Å². The largest absolute Gasteiger partial charge is 0.352 e. The first-order valence-corrected chi connectivity index (χ1v) is 13.3. The van der Waals surface area contributed by atoms with Crippen molar-refractivity contribution < 1.29 is 9.59 Å². The van der Waals surface area contributed by atoms with Crippen LogP contribution in [0.15, 0.2) is 47.4 Å². The summed E-state index contributed by atoms with van der Waals surface area (Å²) in [7, 11) is 0. The Kier molecular flexibility index (Phi) is 11.9. The zero-order valence-electron chi connectivity index (χ0n) is 19.2. The van der Waals surface area contributed by atoms with E-state index in [1.807, 2.05) is 51.1 Å². The molecule has 180 valence electrons. The lowest BCUT2D eigenvalue weighted by molar-refractivity contribution is -0.141. The maximum atomic E-state index is 13.3. The van der Waals surface area contributed by atoms with Gasteiger partial charge in [0.05, 0.1) is 10.0 Å². The van der Waals surface area contributed by atoms with Gasteiger partial charge in [0.25, 0.3) is 0 Å². The lowest BCUT2D eigenvalue weighted by Crippen LogP contribution is -2.50. The predicted octanol–water partition coefficient (Wildman–Crippen LogP) is 7.24. The van der Waals surface area contributed by atoms with Gasteiger partial charge < -0.3 is 10.2 Å². The van der Waals surface area contributed by atoms with Gasteiger partial charge in [0, 0.05) is 28.9 Å². The number of halogens is 3. The number of carbonyl (C=O) groups is 2. The molecule has 0 unspecified atom stereocenters. The highest BCUT2D eigenvalue weighted by Gasteiger charge is 2.29. The van der Waals surface area contributed by atoms with Gasteiger partial charge in [0.15, 0.2) is 0 Å². The van der Waals surface area contributed by atoms with Crippen molar-refractivity contribution in [2.45, 2.75) is 70.0 Å². The number of benzene rings is 2. The number of carbonyl (C=O) groups excluding carboxylic acids is 2. The molecule has 2 rings (SSSR count).